The van der Waals surface area contributed by atoms with E-state index in [1.54, 1.807) is 0 Å². The lowest BCUT2D eigenvalue weighted by atomic mass is 10.2. The van der Waals surface area contributed by atoms with E-state index in [-0.39, 0.29) is 12.2 Å². The van der Waals surface area contributed by atoms with Crippen molar-refractivity contribution in [3.63, 3.8) is 0 Å². The van der Waals surface area contributed by atoms with Gasteiger partial charge in [0.2, 0.25) is 6.41 Å². The number of hydrogen-bond acceptors (Lipinski definition) is 3. The predicted octanol–water partition coefficient (Wildman–Crippen LogP) is -1.05. The maximum absolute atomic E-state index is 10.6. The van der Waals surface area contributed by atoms with E-state index < -0.39 is 23.2 Å². The summed E-state index contributed by atoms with van der Waals surface area (Å²) in [5.41, 5.74) is 0. The fraction of sp³-hybridized carbons (Fsp3) is 0.667. The van der Waals surface area contributed by atoms with Crippen molar-refractivity contribution in [2.75, 3.05) is 12.0 Å². The van der Waals surface area contributed by atoms with Crippen LogP contribution in [0, 0.1) is 0 Å². The molecule has 0 saturated heterocycles. The maximum atomic E-state index is 10.6. The van der Waals surface area contributed by atoms with E-state index in [2.05, 4.69) is 5.32 Å². The zero-order valence-electron chi connectivity index (χ0n) is 6.65. The van der Waals surface area contributed by atoms with Crippen LogP contribution in [0.5, 0.6) is 0 Å². The molecule has 12 heavy (non-hydrogen) atoms. The summed E-state index contributed by atoms with van der Waals surface area (Å²) < 4.78 is 10.6. The van der Waals surface area contributed by atoms with Crippen LogP contribution >= 0.6 is 0 Å². The van der Waals surface area contributed by atoms with Crippen molar-refractivity contribution in [2.45, 2.75) is 12.5 Å². The number of carbonyl (C=O) groups excluding carboxylic acids is 1. The van der Waals surface area contributed by atoms with Gasteiger partial charge < -0.3 is 15.0 Å². The van der Waals surface area contributed by atoms with Gasteiger partial charge in [0.15, 0.2) is 0 Å². The fourth-order valence-corrected chi connectivity index (χ4v) is 1.21. The van der Waals surface area contributed by atoms with Crippen molar-refractivity contribution in [2.24, 2.45) is 0 Å². The van der Waals surface area contributed by atoms with E-state index in [0.29, 0.717) is 6.41 Å². The van der Waals surface area contributed by atoms with Gasteiger partial charge >= 0.3 is 5.97 Å². The molecule has 0 heterocycles. The van der Waals surface area contributed by atoms with Gasteiger partial charge in [0.25, 0.3) is 0 Å². The summed E-state index contributed by atoms with van der Waals surface area (Å²) in [6.45, 7) is 0. The molecule has 0 aromatic heterocycles. The number of carbonyl (C=O) groups is 2. The number of rotatable bonds is 6. The SMILES string of the molecule is C[S+]([O-])CCC(NC=O)C(=O)O. The molecule has 0 saturated carbocycles. The van der Waals surface area contributed by atoms with Gasteiger partial charge in [-0.2, -0.15) is 0 Å². The summed E-state index contributed by atoms with van der Waals surface area (Å²) in [7, 11) is 0. The third-order valence-electron chi connectivity index (χ3n) is 1.26. The summed E-state index contributed by atoms with van der Waals surface area (Å²) in [4.78, 5) is 20.3. The second kappa shape index (κ2) is 5.84. The molecule has 2 unspecified atom stereocenters. The first-order chi connectivity index (χ1) is 5.57. The molecule has 0 bridgehead atoms. The van der Waals surface area contributed by atoms with Crippen LogP contribution in [0.15, 0.2) is 0 Å². The number of carboxylic acid groups (broad SMARTS) is 1. The van der Waals surface area contributed by atoms with Crippen LogP contribution in [-0.2, 0) is 20.8 Å². The second-order valence-electron chi connectivity index (χ2n) is 2.24. The monoisotopic (exact) mass is 193 g/mol. The molecule has 0 spiro atoms. The van der Waals surface area contributed by atoms with Gasteiger partial charge in [-0.05, 0) is 0 Å². The Morgan fingerprint density at radius 2 is 2.42 bits per heavy atom. The highest BCUT2D eigenvalue weighted by atomic mass is 32.2. The van der Waals surface area contributed by atoms with Gasteiger partial charge in [-0.1, -0.05) is 11.2 Å². The van der Waals surface area contributed by atoms with Gasteiger partial charge in [0, 0.05) is 6.42 Å². The van der Waals surface area contributed by atoms with E-state index in [0.717, 1.165) is 0 Å². The summed E-state index contributed by atoms with van der Waals surface area (Å²) in [6, 6.07) is -0.925. The lowest BCUT2D eigenvalue weighted by molar-refractivity contribution is -0.140. The molecular weight excluding hydrogens is 182 g/mol. The summed E-state index contributed by atoms with van der Waals surface area (Å²) in [6.07, 6.45) is 2.01. The molecule has 6 heteroatoms. The molecule has 0 aliphatic heterocycles. The smallest absolute Gasteiger partial charge is 0.326 e. The second-order valence-corrected chi connectivity index (χ2v) is 3.80. The average molecular weight is 193 g/mol. The molecule has 1 amide bonds. The Morgan fingerprint density at radius 3 is 2.75 bits per heavy atom. The van der Waals surface area contributed by atoms with E-state index in [9.17, 15) is 14.1 Å². The van der Waals surface area contributed by atoms with E-state index in [1.807, 2.05) is 0 Å². The Hall–Kier alpha value is -0.750. The van der Waals surface area contributed by atoms with Crippen molar-refractivity contribution in [1.29, 1.82) is 0 Å². The molecule has 0 radical (unpaired) electrons. The zero-order chi connectivity index (χ0) is 9.56. The topological polar surface area (TPSA) is 89.5 Å². The standard InChI is InChI=1S/C6H11NO4S/c1-12(11)3-2-5(6(9)10)7-4-8/h4-5H,2-3H2,1H3,(H,7,8)(H,9,10). The van der Waals surface area contributed by atoms with Crippen LogP contribution in [0.3, 0.4) is 0 Å². The molecular formula is C6H11NO4S. The first kappa shape index (κ1) is 11.2. The fourth-order valence-electron chi connectivity index (χ4n) is 0.644. The Kier molecular flexibility index (Phi) is 5.48. The van der Waals surface area contributed by atoms with Gasteiger partial charge in [0.1, 0.15) is 11.8 Å². The maximum Gasteiger partial charge on any atom is 0.326 e. The van der Waals surface area contributed by atoms with Crippen molar-refractivity contribution in [3.05, 3.63) is 0 Å². The zero-order valence-corrected chi connectivity index (χ0v) is 7.47. The van der Waals surface area contributed by atoms with Crippen molar-refractivity contribution < 1.29 is 19.2 Å². The lowest BCUT2D eigenvalue weighted by Crippen LogP contribution is -2.37. The number of amides is 1. The summed E-state index contributed by atoms with van der Waals surface area (Å²) in [5.74, 6) is -0.829. The predicted molar refractivity (Wildman–Crippen MR) is 44.2 cm³/mol. The molecule has 0 aromatic rings. The highest BCUT2D eigenvalue weighted by molar-refractivity contribution is 7.90. The normalized spacial score (nSPS) is 14.8. The van der Waals surface area contributed by atoms with Crippen LogP contribution in [0.4, 0.5) is 0 Å². The third kappa shape index (κ3) is 4.97. The first-order valence-electron chi connectivity index (χ1n) is 3.30. The molecule has 5 nitrogen and oxygen atoms in total. The molecule has 0 rings (SSSR count). The summed E-state index contributed by atoms with van der Waals surface area (Å²) >= 11 is -1.03. The molecule has 0 aliphatic rings. The van der Waals surface area contributed by atoms with Gasteiger partial charge in [-0.25, -0.2) is 4.79 Å². The Bertz CT molecular complexity index is 162. The van der Waals surface area contributed by atoms with Crippen molar-refractivity contribution in [3.8, 4) is 0 Å². The highest BCUT2D eigenvalue weighted by Gasteiger charge is 2.17. The minimum atomic E-state index is -1.10. The third-order valence-corrected chi connectivity index (χ3v) is 2.07. The Balaban J connectivity index is 3.78. The molecule has 70 valence electrons. The number of aliphatic carboxylic acids is 1. The van der Waals surface area contributed by atoms with Crippen LogP contribution in [-0.4, -0.2) is 40.1 Å². The average Bonchev–Trinajstić information content (AvgIpc) is 1.96. The first-order valence-corrected chi connectivity index (χ1v) is 5.03. The Morgan fingerprint density at radius 1 is 1.83 bits per heavy atom. The van der Waals surface area contributed by atoms with Crippen molar-refractivity contribution >= 4 is 23.6 Å². The summed E-state index contributed by atoms with van der Waals surface area (Å²) in [5, 5.41) is 10.6. The highest BCUT2D eigenvalue weighted by Crippen LogP contribution is 1.95. The van der Waals surface area contributed by atoms with Crippen LogP contribution in [0.1, 0.15) is 6.42 Å². The molecule has 0 fully saturated rings. The number of hydrogen-bond donors (Lipinski definition) is 2. The minimum absolute atomic E-state index is 0.192. The minimum Gasteiger partial charge on any atom is -0.617 e. The van der Waals surface area contributed by atoms with Crippen LogP contribution in [0.25, 0.3) is 0 Å². The van der Waals surface area contributed by atoms with Crippen LogP contribution in [0.2, 0.25) is 0 Å². The van der Waals surface area contributed by atoms with E-state index in [4.69, 9.17) is 5.11 Å². The van der Waals surface area contributed by atoms with E-state index >= 15 is 0 Å². The largest absolute Gasteiger partial charge is 0.617 e. The number of nitrogens with one attached hydrogen (secondary N) is 1. The lowest BCUT2D eigenvalue weighted by Gasteiger charge is -2.10. The van der Waals surface area contributed by atoms with Gasteiger partial charge in [-0.15, -0.1) is 0 Å². The Labute approximate surface area is 73.3 Å². The number of carboxylic acids is 1. The van der Waals surface area contributed by atoms with Gasteiger partial charge in [-0.3, -0.25) is 4.79 Å². The quantitative estimate of drug-likeness (QED) is 0.416. The van der Waals surface area contributed by atoms with E-state index in [1.165, 1.54) is 6.26 Å². The molecule has 0 aliphatic carbocycles. The van der Waals surface area contributed by atoms with Gasteiger partial charge in [0.05, 0.1) is 6.26 Å². The van der Waals surface area contributed by atoms with Crippen LogP contribution < -0.4 is 5.32 Å². The molecule has 2 N–H and O–H groups in total. The molecule has 2 atom stereocenters. The molecule has 0 aromatic carbocycles. The van der Waals surface area contributed by atoms with Crippen molar-refractivity contribution in [1.82, 2.24) is 5.32 Å².